The van der Waals surface area contributed by atoms with Crippen LogP contribution in [0.1, 0.15) is 13.3 Å². The quantitative estimate of drug-likeness (QED) is 0.492. The van der Waals surface area contributed by atoms with Crippen molar-refractivity contribution in [2.75, 3.05) is 20.2 Å². The predicted molar refractivity (Wildman–Crippen MR) is 52.1 cm³/mol. The van der Waals surface area contributed by atoms with Gasteiger partial charge in [0.15, 0.2) is 5.60 Å². The predicted octanol–water partition coefficient (Wildman–Crippen LogP) is -1.61. The van der Waals surface area contributed by atoms with Crippen LogP contribution < -0.4 is 10.6 Å². The van der Waals surface area contributed by atoms with Crippen LogP contribution in [0.3, 0.4) is 0 Å². The monoisotopic (exact) mass is 216 g/mol. The molecular formula is C9H16N2O4. The average molecular weight is 216 g/mol. The second-order valence-electron chi connectivity index (χ2n) is 3.85. The van der Waals surface area contributed by atoms with E-state index in [1.54, 1.807) is 0 Å². The van der Waals surface area contributed by atoms with E-state index in [0.29, 0.717) is 13.0 Å². The van der Waals surface area contributed by atoms with Crippen molar-refractivity contribution < 1.29 is 19.4 Å². The molecule has 3 N–H and O–H groups in total. The van der Waals surface area contributed by atoms with Gasteiger partial charge in [0, 0.05) is 25.6 Å². The first kappa shape index (κ1) is 11.9. The van der Waals surface area contributed by atoms with Gasteiger partial charge in [-0.15, -0.1) is 0 Å². The van der Waals surface area contributed by atoms with Crippen LogP contribution in [0.25, 0.3) is 0 Å². The van der Waals surface area contributed by atoms with E-state index >= 15 is 0 Å². The second-order valence-corrected chi connectivity index (χ2v) is 3.85. The molecule has 2 unspecified atom stereocenters. The van der Waals surface area contributed by atoms with Gasteiger partial charge in [-0.1, -0.05) is 0 Å². The van der Waals surface area contributed by atoms with E-state index in [4.69, 9.17) is 0 Å². The van der Waals surface area contributed by atoms with Crippen LogP contribution in [-0.4, -0.2) is 48.8 Å². The third-order valence-electron chi connectivity index (χ3n) is 2.34. The molecule has 0 bridgehead atoms. The maximum Gasteiger partial charge on any atom is 0.338 e. The summed E-state index contributed by atoms with van der Waals surface area (Å²) in [5, 5.41) is 15.2. The highest BCUT2D eigenvalue weighted by Gasteiger charge is 2.33. The molecule has 0 spiro atoms. The van der Waals surface area contributed by atoms with Gasteiger partial charge in [-0.2, -0.15) is 0 Å². The Morgan fingerprint density at radius 2 is 2.47 bits per heavy atom. The smallest absolute Gasteiger partial charge is 0.338 e. The molecule has 0 aromatic rings. The maximum atomic E-state index is 11.1. The van der Waals surface area contributed by atoms with E-state index < -0.39 is 11.6 Å². The summed E-state index contributed by atoms with van der Waals surface area (Å²) in [5.41, 5.74) is -1.56. The molecule has 1 rings (SSSR count). The van der Waals surface area contributed by atoms with Gasteiger partial charge in [0.25, 0.3) is 0 Å². The molecule has 6 heteroatoms. The fourth-order valence-electron chi connectivity index (χ4n) is 1.38. The molecule has 0 aliphatic carbocycles. The number of carbonyl (C=O) groups is 2. The summed E-state index contributed by atoms with van der Waals surface area (Å²) in [6.45, 7) is 1.96. The van der Waals surface area contributed by atoms with Crippen molar-refractivity contribution in [2.45, 2.75) is 25.0 Å². The Hall–Kier alpha value is -1.14. The van der Waals surface area contributed by atoms with Gasteiger partial charge < -0.3 is 20.5 Å². The Kier molecular flexibility index (Phi) is 3.65. The standard InChI is InChI=1S/C9H16N2O4/c1-9(14,8(13)15-2)5-11-6-3-7(12)10-4-6/h6,11,14H,3-5H2,1-2H3,(H,10,12). The number of aliphatic hydroxyl groups is 1. The zero-order chi connectivity index (χ0) is 11.5. The Morgan fingerprint density at radius 3 is 2.93 bits per heavy atom. The molecule has 1 amide bonds. The van der Waals surface area contributed by atoms with Gasteiger partial charge >= 0.3 is 5.97 Å². The Morgan fingerprint density at radius 1 is 1.80 bits per heavy atom. The van der Waals surface area contributed by atoms with Crippen LogP contribution in [0, 0.1) is 0 Å². The fraction of sp³-hybridized carbons (Fsp3) is 0.778. The lowest BCUT2D eigenvalue weighted by atomic mass is 10.1. The van der Waals surface area contributed by atoms with E-state index in [9.17, 15) is 14.7 Å². The van der Waals surface area contributed by atoms with Crippen LogP contribution in [0.15, 0.2) is 0 Å². The van der Waals surface area contributed by atoms with E-state index in [-0.39, 0.29) is 18.5 Å². The highest BCUT2D eigenvalue weighted by atomic mass is 16.5. The molecular weight excluding hydrogens is 200 g/mol. The lowest BCUT2D eigenvalue weighted by molar-refractivity contribution is -0.160. The summed E-state index contributed by atoms with van der Waals surface area (Å²) in [6, 6.07) is -0.0337. The zero-order valence-electron chi connectivity index (χ0n) is 8.87. The van der Waals surface area contributed by atoms with Gasteiger partial charge in [-0.05, 0) is 6.92 Å². The number of methoxy groups -OCH3 is 1. The normalized spacial score (nSPS) is 24.5. The zero-order valence-corrected chi connectivity index (χ0v) is 8.87. The van der Waals surface area contributed by atoms with Crippen molar-refractivity contribution in [3.05, 3.63) is 0 Å². The summed E-state index contributed by atoms with van der Waals surface area (Å²) >= 11 is 0. The van der Waals surface area contributed by atoms with Gasteiger partial charge in [-0.25, -0.2) is 4.79 Å². The van der Waals surface area contributed by atoms with Crippen molar-refractivity contribution in [3.63, 3.8) is 0 Å². The number of ether oxygens (including phenoxy) is 1. The number of hydrogen-bond donors (Lipinski definition) is 3. The first-order chi connectivity index (χ1) is 6.95. The molecule has 15 heavy (non-hydrogen) atoms. The Bertz CT molecular complexity index is 265. The second kappa shape index (κ2) is 4.59. The van der Waals surface area contributed by atoms with Crippen LogP contribution in [0.2, 0.25) is 0 Å². The molecule has 1 aliphatic heterocycles. The highest BCUT2D eigenvalue weighted by molar-refractivity contribution is 5.79. The molecule has 2 atom stereocenters. The van der Waals surface area contributed by atoms with E-state index in [2.05, 4.69) is 15.4 Å². The molecule has 1 saturated heterocycles. The van der Waals surface area contributed by atoms with E-state index in [1.165, 1.54) is 14.0 Å². The molecule has 1 aliphatic rings. The summed E-state index contributed by atoms with van der Waals surface area (Å²) in [6.07, 6.45) is 0.372. The minimum Gasteiger partial charge on any atom is -0.467 e. The molecule has 86 valence electrons. The molecule has 0 aromatic carbocycles. The number of nitrogens with one attached hydrogen (secondary N) is 2. The summed E-state index contributed by atoms with van der Waals surface area (Å²) < 4.78 is 4.44. The first-order valence-electron chi connectivity index (χ1n) is 4.76. The highest BCUT2D eigenvalue weighted by Crippen LogP contribution is 2.06. The Labute approximate surface area is 88.0 Å². The maximum absolute atomic E-state index is 11.1. The third kappa shape index (κ3) is 3.17. The number of amides is 1. The summed E-state index contributed by atoms with van der Waals surface area (Å²) in [4.78, 5) is 22.0. The van der Waals surface area contributed by atoms with Crippen LogP contribution in [0.5, 0.6) is 0 Å². The lowest BCUT2D eigenvalue weighted by Crippen LogP contribution is -2.48. The number of rotatable bonds is 4. The molecule has 6 nitrogen and oxygen atoms in total. The van der Waals surface area contributed by atoms with Crippen LogP contribution in [0.4, 0.5) is 0 Å². The molecule has 1 heterocycles. The summed E-state index contributed by atoms with van der Waals surface area (Å²) in [5.74, 6) is -0.711. The third-order valence-corrected chi connectivity index (χ3v) is 2.34. The van der Waals surface area contributed by atoms with Crippen molar-refractivity contribution >= 4 is 11.9 Å². The average Bonchev–Trinajstić information content (AvgIpc) is 2.60. The largest absolute Gasteiger partial charge is 0.467 e. The number of hydrogen-bond acceptors (Lipinski definition) is 5. The minimum atomic E-state index is -1.56. The van der Waals surface area contributed by atoms with Crippen molar-refractivity contribution in [1.82, 2.24) is 10.6 Å². The molecule has 0 saturated carbocycles. The molecule has 0 radical (unpaired) electrons. The van der Waals surface area contributed by atoms with Gasteiger partial charge in [-0.3, -0.25) is 4.79 Å². The van der Waals surface area contributed by atoms with Gasteiger partial charge in [0.2, 0.25) is 5.91 Å². The number of esters is 1. The van der Waals surface area contributed by atoms with E-state index in [1.807, 2.05) is 0 Å². The molecule has 0 aromatic heterocycles. The topological polar surface area (TPSA) is 87.7 Å². The van der Waals surface area contributed by atoms with E-state index in [0.717, 1.165) is 0 Å². The SMILES string of the molecule is COC(=O)C(C)(O)CNC1CNC(=O)C1. The summed E-state index contributed by atoms with van der Waals surface area (Å²) in [7, 11) is 1.22. The fourth-order valence-corrected chi connectivity index (χ4v) is 1.38. The first-order valence-corrected chi connectivity index (χ1v) is 4.76. The lowest BCUT2D eigenvalue weighted by Gasteiger charge is -2.22. The van der Waals surface area contributed by atoms with Crippen molar-refractivity contribution in [2.24, 2.45) is 0 Å². The van der Waals surface area contributed by atoms with Gasteiger partial charge in [0.1, 0.15) is 0 Å². The van der Waals surface area contributed by atoms with Crippen LogP contribution in [-0.2, 0) is 14.3 Å². The minimum absolute atomic E-state index is 0.0230. The van der Waals surface area contributed by atoms with Crippen molar-refractivity contribution in [3.8, 4) is 0 Å². The number of carbonyl (C=O) groups excluding carboxylic acids is 2. The van der Waals surface area contributed by atoms with Crippen LogP contribution >= 0.6 is 0 Å². The molecule has 1 fully saturated rings. The van der Waals surface area contributed by atoms with Gasteiger partial charge in [0.05, 0.1) is 7.11 Å². The Balaban J connectivity index is 2.36. The van der Waals surface area contributed by atoms with Crippen molar-refractivity contribution in [1.29, 1.82) is 0 Å².